The lowest BCUT2D eigenvalue weighted by atomic mass is 10.1. The Morgan fingerprint density at radius 1 is 1.03 bits per heavy atom. The summed E-state index contributed by atoms with van der Waals surface area (Å²) in [5.74, 6) is -1.37. The molecule has 0 radical (unpaired) electrons. The van der Waals surface area contributed by atoms with Gasteiger partial charge in [0.15, 0.2) is 5.13 Å². The van der Waals surface area contributed by atoms with E-state index in [4.69, 9.17) is 0 Å². The zero-order valence-corrected chi connectivity index (χ0v) is 17.8. The minimum atomic E-state index is -0.603. The van der Waals surface area contributed by atoms with Gasteiger partial charge in [-0.1, -0.05) is 36.4 Å². The number of aromatic nitrogens is 3. The average molecular weight is 450 g/mol. The van der Waals surface area contributed by atoms with E-state index in [-0.39, 0.29) is 17.9 Å². The second-order valence-electron chi connectivity index (χ2n) is 7.00. The van der Waals surface area contributed by atoms with E-state index in [1.807, 2.05) is 41.2 Å². The third kappa shape index (κ3) is 5.44. The smallest absolute Gasteiger partial charge is 0.260 e. The van der Waals surface area contributed by atoms with E-state index < -0.39 is 11.7 Å². The number of halogens is 1. The standard InChI is InChI=1S/C23H20FN5O2S/c24-20-9-4-3-8-19(20)22(31)28-23-27-18(15-32-23)12-21(30)25-13-16-6-1-2-7-17(16)14-29-11-5-10-26-29/h1-11,15H,12-14H2,(H,25,30)(H,27,28,31). The van der Waals surface area contributed by atoms with Crippen LogP contribution in [-0.4, -0.2) is 26.6 Å². The number of thiazole rings is 1. The second kappa shape index (κ2) is 9.97. The van der Waals surface area contributed by atoms with Gasteiger partial charge < -0.3 is 5.32 Å². The highest BCUT2D eigenvalue weighted by atomic mass is 32.1. The number of amides is 2. The van der Waals surface area contributed by atoms with Crippen molar-refractivity contribution < 1.29 is 14.0 Å². The molecule has 0 aliphatic heterocycles. The van der Waals surface area contributed by atoms with Crippen molar-refractivity contribution in [2.75, 3.05) is 5.32 Å². The van der Waals surface area contributed by atoms with Crippen LogP contribution in [0.3, 0.4) is 0 Å². The van der Waals surface area contributed by atoms with Gasteiger partial charge in [-0.3, -0.25) is 19.6 Å². The third-order valence-corrected chi connectivity index (χ3v) is 5.52. The van der Waals surface area contributed by atoms with E-state index in [0.29, 0.717) is 23.9 Å². The largest absolute Gasteiger partial charge is 0.352 e. The lowest BCUT2D eigenvalue weighted by Gasteiger charge is -2.10. The van der Waals surface area contributed by atoms with E-state index >= 15 is 0 Å². The van der Waals surface area contributed by atoms with Crippen LogP contribution >= 0.6 is 11.3 Å². The fraction of sp³-hybridized carbons (Fsp3) is 0.130. The van der Waals surface area contributed by atoms with Crippen LogP contribution in [0.15, 0.2) is 72.4 Å². The summed E-state index contributed by atoms with van der Waals surface area (Å²) in [5.41, 5.74) is 2.55. The van der Waals surface area contributed by atoms with Crippen molar-refractivity contribution in [2.24, 2.45) is 0 Å². The van der Waals surface area contributed by atoms with Crippen molar-refractivity contribution in [2.45, 2.75) is 19.5 Å². The van der Waals surface area contributed by atoms with Crippen molar-refractivity contribution in [3.05, 3.63) is 101 Å². The van der Waals surface area contributed by atoms with Crippen LogP contribution in [0, 0.1) is 5.82 Å². The Bertz CT molecular complexity index is 1220. The fourth-order valence-corrected chi connectivity index (χ4v) is 3.83. The molecule has 0 bridgehead atoms. The molecule has 0 atom stereocenters. The molecule has 4 aromatic rings. The minimum absolute atomic E-state index is 0.0595. The van der Waals surface area contributed by atoms with Gasteiger partial charge in [0.25, 0.3) is 5.91 Å². The van der Waals surface area contributed by atoms with E-state index in [2.05, 4.69) is 20.7 Å². The number of nitrogens with zero attached hydrogens (tertiary/aromatic N) is 3. The summed E-state index contributed by atoms with van der Waals surface area (Å²) in [4.78, 5) is 28.9. The van der Waals surface area contributed by atoms with Gasteiger partial charge in [0.2, 0.25) is 5.91 Å². The highest BCUT2D eigenvalue weighted by Crippen LogP contribution is 2.18. The molecule has 32 heavy (non-hydrogen) atoms. The number of rotatable bonds is 8. The number of carbonyl (C=O) groups is 2. The summed E-state index contributed by atoms with van der Waals surface area (Å²) in [5, 5.41) is 11.7. The summed E-state index contributed by atoms with van der Waals surface area (Å²) >= 11 is 1.18. The van der Waals surface area contributed by atoms with Gasteiger partial charge in [-0.2, -0.15) is 5.10 Å². The molecular formula is C23H20FN5O2S. The van der Waals surface area contributed by atoms with Crippen LogP contribution in [0.2, 0.25) is 0 Å². The maximum Gasteiger partial charge on any atom is 0.260 e. The van der Waals surface area contributed by atoms with Crippen molar-refractivity contribution in [3.8, 4) is 0 Å². The molecule has 0 aliphatic carbocycles. The first-order valence-corrected chi connectivity index (χ1v) is 10.8. The van der Waals surface area contributed by atoms with E-state index in [0.717, 1.165) is 11.1 Å². The number of carbonyl (C=O) groups excluding carboxylic acids is 2. The number of benzene rings is 2. The lowest BCUT2D eigenvalue weighted by molar-refractivity contribution is -0.120. The molecule has 0 aliphatic rings. The van der Waals surface area contributed by atoms with Crippen LogP contribution in [0.4, 0.5) is 9.52 Å². The van der Waals surface area contributed by atoms with Gasteiger partial charge in [0.05, 0.1) is 24.2 Å². The molecule has 2 aromatic carbocycles. The fourth-order valence-electron chi connectivity index (χ4n) is 3.13. The Morgan fingerprint density at radius 2 is 1.81 bits per heavy atom. The molecule has 9 heteroatoms. The maximum atomic E-state index is 13.7. The first-order valence-electron chi connectivity index (χ1n) is 9.89. The first-order chi connectivity index (χ1) is 15.6. The summed E-state index contributed by atoms with van der Waals surface area (Å²) < 4.78 is 15.6. The molecule has 162 valence electrons. The Balaban J connectivity index is 1.31. The van der Waals surface area contributed by atoms with Crippen LogP contribution in [0.25, 0.3) is 0 Å². The molecule has 0 saturated carbocycles. The normalized spacial score (nSPS) is 10.7. The van der Waals surface area contributed by atoms with Gasteiger partial charge in [-0.05, 0) is 29.3 Å². The topological polar surface area (TPSA) is 88.9 Å². The Hall–Kier alpha value is -3.85. The lowest BCUT2D eigenvalue weighted by Crippen LogP contribution is -2.25. The minimum Gasteiger partial charge on any atom is -0.352 e. The molecule has 0 saturated heterocycles. The molecule has 0 fully saturated rings. The van der Waals surface area contributed by atoms with Crippen molar-refractivity contribution >= 4 is 28.3 Å². The second-order valence-corrected chi connectivity index (χ2v) is 7.86. The Labute approximate surface area is 187 Å². The summed E-state index contributed by atoms with van der Waals surface area (Å²) in [6, 6.07) is 15.5. The van der Waals surface area contributed by atoms with Gasteiger partial charge in [0.1, 0.15) is 5.82 Å². The molecule has 7 nitrogen and oxygen atoms in total. The Morgan fingerprint density at radius 3 is 2.59 bits per heavy atom. The van der Waals surface area contributed by atoms with Gasteiger partial charge in [-0.15, -0.1) is 11.3 Å². The number of anilines is 1. The monoisotopic (exact) mass is 449 g/mol. The molecule has 2 amide bonds. The SMILES string of the molecule is O=C(Cc1csc(NC(=O)c2ccccc2F)n1)NCc1ccccc1Cn1cccn1. The van der Waals surface area contributed by atoms with Crippen molar-refractivity contribution in [3.63, 3.8) is 0 Å². The van der Waals surface area contributed by atoms with Crippen LogP contribution in [0.1, 0.15) is 27.2 Å². The first kappa shape index (κ1) is 21.4. The van der Waals surface area contributed by atoms with E-state index in [1.54, 1.807) is 17.6 Å². The third-order valence-electron chi connectivity index (χ3n) is 4.72. The predicted octanol–water partition coefficient (Wildman–Crippen LogP) is 3.64. The molecule has 4 rings (SSSR count). The quantitative estimate of drug-likeness (QED) is 0.430. The highest BCUT2D eigenvalue weighted by molar-refractivity contribution is 7.14. The zero-order valence-electron chi connectivity index (χ0n) is 17.0. The summed E-state index contributed by atoms with van der Waals surface area (Å²) in [6.45, 7) is 1.01. The van der Waals surface area contributed by atoms with E-state index in [9.17, 15) is 14.0 Å². The summed E-state index contributed by atoms with van der Waals surface area (Å²) in [7, 11) is 0. The number of hydrogen-bond acceptors (Lipinski definition) is 5. The van der Waals surface area contributed by atoms with E-state index in [1.165, 1.54) is 29.5 Å². The zero-order chi connectivity index (χ0) is 22.3. The van der Waals surface area contributed by atoms with Crippen molar-refractivity contribution in [1.82, 2.24) is 20.1 Å². The summed E-state index contributed by atoms with van der Waals surface area (Å²) in [6.07, 6.45) is 3.69. The van der Waals surface area contributed by atoms with Crippen LogP contribution in [0.5, 0.6) is 0 Å². The highest BCUT2D eigenvalue weighted by Gasteiger charge is 2.14. The predicted molar refractivity (Wildman–Crippen MR) is 120 cm³/mol. The molecule has 0 spiro atoms. The number of nitrogens with one attached hydrogen (secondary N) is 2. The molecule has 0 unspecified atom stereocenters. The van der Waals surface area contributed by atoms with Crippen LogP contribution in [-0.2, 0) is 24.3 Å². The maximum absolute atomic E-state index is 13.7. The van der Waals surface area contributed by atoms with Crippen LogP contribution < -0.4 is 10.6 Å². The molecular weight excluding hydrogens is 429 g/mol. The van der Waals surface area contributed by atoms with Gasteiger partial charge in [0, 0.05) is 24.3 Å². The Kier molecular flexibility index (Phi) is 6.66. The molecule has 2 aromatic heterocycles. The van der Waals surface area contributed by atoms with Crippen molar-refractivity contribution in [1.29, 1.82) is 0 Å². The average Bonchev–Trinajstić information content (AvgIpc) is 3.45. The molecule has 2 heterocycles. The van der Waals surface area contributed by atoms with Gasteiger partial charge in [-0.25, -0.2) is 9.37 Å². The number of hydrogen-bond donors (Lipinski definition) is 2. The van der Waals surface area contributed by atoms with Gasteiger partial charge >= 0.3 is 0 Å². The molecule has 2 N–H and O–H groups in total.